The number of aromatic nitrogens is 1. The summed E-state index contributed by atoms with van der Waals surface area (Å²) in [4.78, 5) is 7.18. The van der Waals surface area contributed by atoms with Crippen molar-refractivity contribution < 1.29 is 0 Å². The number of anilines is 1. The van der Waals surface area contributed by atoms with E-state index in [-0.39, 0.29) is 5.41 Å². The molecule has 1 aromatic rings. The zero-order valence-electron chi connectivity index (χ0n) is 15.1. The largest absolute Gasteiger partial charge is 0.381 e. The van der Waals surface area contributed by atoms with Gasteiger partial charge in [-0.2, -0.15) is 0 Å². The number of hydrogen-bond donors (Lipinski definition) is 1. The zero-order valence-corrected chi connectivity index (χ0v) is 15.1. The van der Waals surface area contributed by atoms with Crippen LogP contribution in [0.25, 0.3) is 0 Å². The summed E-state index contributed by atoms with van der Waals surface area (Å²) in [6, 6.07) is 3.75. The molecule has 0 spiro atoms. The van der Waals surface area contributed by atoms with E-state index >= 15 is 0 Å². The number of nitrogens with zero attached hydrogens (tertiary/aromatic N) is 2. The Morgan fingerprint density at radius 2 is 1.70 bits per heavy atom. The Morgan fingerprint density at radius 3 is 2.35 bits per heavy atom. The van der Waals surface area contributed by atoms with Gasteiger partial charge in [-0.3, -0.25) is 4.98 Å². The molecule has 1 N–H and O–H groups in total. The first-order chi connectivity index (χ1) is 11.0. The summed E-state index contributed by atoms with van der Waals surface area (Å²) in [5.74, 6) is 0. The van der Waals surface area contributed by atoms with Crippen LogP contribution in [0.2, 0.25) is 0 Å². The van der Waals surface area contributed by atoms with Gasteiger partial charge in [-0.15, -0.1) is 0 Å². The van der Waals surface area contributed by atoms with E-state index in [1.54, 1.807) is 0 Å². The van der Waals surface area contributed by atoms with Crippen molar-refractivity contribution >= 4 is 5.69 Å². The lowest BCUT2D eigenvalue weighted by Gasteiger charge is -2.39. The van der Waals surface area contributed by atoms with Crippen LogP contribution >= 0.6 is 0 Å². The predicted molar refractivity (Wildman–Crippen MR) is 98.0 cm³/mol. The third-order valence-electron chi connectivity index (χ3n) is 5.60. The smallest absolute Gasteiger partial charge is 0.0531 e. The summed E-state index contributed by atoms with van der Waals surface area (Å²) < 4.78 is 0. The number of nitrogens with one attached hydrogen (secondary N) is 1. The van der Waals surface area contributed by atoms with Crippen LogP contribution in [-0.2, 0) is 5.41 Å². The molecule has 0 unspecified atom stereocenters. The van der Waals surface area contributed by atoms with Crippen molar-refractivity contribution in [3.8, 4) is 0 Å². The standard InChI is InChI=1S/C20H33N3/c1-20(2,3)16-13-18(15-21-14-16)22-17-9-11-23(12-10-17)19-7-5-4-6-8-19/h13-15,17,19,22H,4-12H2,1-3H3. The summed E-state index contributed by atoms with van der Waals surface area (Å²) in [6.07, 6.45) is 13.7. The highest BCUT2D eigenvalue weighted by Gasteiger charge is 2.26. The van der Waals surface area contributed by atoms with Gasteiger partial charge >= 0.3 is 0 Å². The van der Waals surface area contributed by atoms with Gasteiger partial charge in [-0.1, -0.05) is 40.0 Å². The SMILES string of the molecule is CC(C)(C)c1cncc(NC2CCN(C3CCCCC3)CC2)c1. The first-order valence-electron chi connectivity index (χ1n) is 9.48. The lowest BCUT2D eigenvalue weighted by Crippen LogP contribution is -2.45. The molecule has 2 heterocycles. The summed E-state index contributed by atoms with van der Waals surface area (Å²) >= 11 is 0. The molecule has 0 radical (unpaired) electrons. The van der Waals surface area contributed by atoms with Gasteiger partial charge in [0.2, 0.25) is 0 Å². The highest BCUT2D eigenvalue weighted by Crippen LogP contribution is 2.27. The first kappa shape index (κ1) is 16.8. The molecule has 128 valence electrons. The Hall–Kier alpha value is -1.09. The van der Waals surface area contributed by atoms with E-state index in [0.717, 1.165) is 6.04 Å². The molecule has 1 aromatic heterocycles. The molecule has 23 heavy (non-hydrogen) atoms. The third-order valence-corrected chi connectivity index (χ3v) is 5.60. The van der Waals surface area contributed by atoms with Crippen molar-refractivity contribution in [1.82, 2.24) is 9.88 Å². The number of rotatable bonds is 3. The Labute approximate surface area is 141 Å². The van der Waals surface area contributed by atoms with Crippen LogP contribution in [0.15, 0.2) is 18.5 Å². The fraction of sp³-hybridized carbons (Fsp3) is 0.750. The van der Waals surface area contributed by atoms with Gasteiger partial charge in [0.15, 0.2) is 0 Å². The van der Waals surface area contributed by atoms with Crippen LogP contribution in [0, 0.1) is 0 Å². The minimum absolute atomic E-state index is 0.162. The van der Waals surface area contributed by atoms with E-state index in [1.165, 1.54) is 69.3 Å². The van der Waals surface area contributed by atoms with E-state index in [1.807, 2.05) is 12.4 Å². The summed E-state index contributed by atoms with van der Waals surface area (Å²) in [6.45, 7) is 9.26. The summed E-state index contributed by atoms with van der Waals surface area (Å²) in [7, 11) is 0. The molecule has 1 saturated heterocycles. The fourth-order valence-electron chi connectivity index (χ4n) is 4.02. The van der Waals surface area contributed by atoms with E-state index in [4.69, 9.17) is 0 Å². The zero-order chi connectivity index (χ0) is 16.3. The lowest BCUT2D eigenvalue weighted by molar-refractivity contribution is 0.126. The van der Waals surface area contributed by atoms with Gasteiger partial charge in [0.25, 0.3) is 0 Å². The second-order valence-electron chi connectivity index (χ2n) is 8.46. The molecular weight excluding hydrogens is 282 g/mol. The topological polar surface area (TPSA) is 28.2 Å². The fourth-order valence-corrected chi connectivity index (χ4v) is 4.02. The second kappa shape index (κ2) is 7.21. The maximum Gasteiger partial charge on any atom is 0.0531 e. The van der Waals surface area contributed by atoms with Crippen LogP contribution in [0.3, 0.4) is 0 Å². The summed E-state index contributed by atoms with van der Waals surface area (Å²) in [5, 5.41) is 3.73. The van der Waals surface area contributed by atoms with Gasteiger partial charge in [-0.05, 0) is 42.7 Å². The van der Waals surface area contributed by atoms with Crippen LogP contribution in [0.5, 0.6) is 0 Å². The third kappa shape index (κ3) is 4.47. The van der Waals surface area contributed by atoms with Crippen LogP contribution in [-0.4, -0.2) is 35.1 Å². The Balaban J connectivity index is 1.52. The first-order valence-corrected chi connectivity index (χ1v) is 9.48. The Bertz CT molecular complexity index is 492. The Morgan fingerprint density at radius 1 is 1.00 bits per heavy atom. The number of piperidine rings is 1. The molecular formula is C20H33N3. The predicted octanol–water partition coefficient (Wildman–Crippen LogP) is 4.59. The van der Waals surface area contributed by atoms with Gasteiger partial charge in [0.05, 0.1) is 5.69 Å². The molecule has 3 heteroatoms. The number of pyridine rings is 1. The van der Waals surface area contributed by atoms with E-state index in [2.05, 4.69) is 42.0 Å². The van der Waals surface area contributed by atoms with Crippen LogP contribution < -0.4 is 5.32 Å². The van der Waals surface area contributed by atoms with Crippen molar-refractivity contribution in [3.63, 3.8) is 0 Å². The highest BCUT2D eigenvalue weighted by atomic mass is 15.2. The average Bonchev–Trinajstić information content (AvgIpc) is 2.56. The molecule has 1 aliphatic carbocycles. The normalized spacial score (nSPS) is 22.2. The maximum absolute atomic E-state index is 4.43. The number of hydrogen-bond acceptors (Lipinski definition) is 3. The molecule has 1 aliphatic heterocycles. The molecule has 0 aromatic carbocycles. The van der Waals surface area contributed by atoms with Gasteiger partial charge in [0, 0.05) is 37.6 Å². The van der Waals surface area contributed by atoms with Crippen molar-refractivity contribution in [2.24, 2.45) is 0 Å². The van der Waals surface area contributed by atoms with Crippen molar-refractivity contribution in [2.45, 2.75) is 83.2 Å². The maximum atomic E-state index is 4.43. The minimum atomic E-state index is 0.162. The molecule has 0 bridgehead atoms. The molecule has 1 saturated carbocycles. The average molecular weight is 316 g/mol. The quantitative estimate of drug-likeness (QED) is 0.884. The van der Waals surface area contributed by atoms with Gasteiger partial charge < -0.3 is 10.2 Å². The molecule has 3 nitrogen and oxygen atoms in total. The van der Waals surface area contributed by atoms with Crippen LogP contribution in [0.4, 0.5) is 5.69 Å². The number of likely N-dealkylation sites (tertiary alicyclic amines) is 1. The highest BCUT2D eigenvalue weighted by molar-refractivity contribution is 5.45. The monoisotopic (exact) mass is 315 g/mol. The molecule has 0 atom stereocenters. The van der Waals surface area contributed by atoms with E-state index in [9.17, 15) is 0 Å². The van der Waals surface area contributed by atoms with Gasteiger partial charge in [0.1, 0.15) is 0 Å². The molecule has 2 fully saturated rings. The van der Waals surface area contributed by atoms with Gasteiger partial charge in [-0.25, -0.2) is 0 Å². The molecule has 3 rings (SSSR count). The van der Waals surface area contributed by atoms with Crippen molar-refractivity contribution in [1.29, 1.82) is 0 Å². The molecule has 2 aliphatic rings. The minimum Gasteiger partial charge on any atom is -0.381 e. The van der Waals surface area contributed by atoms with Crippen molar-refractivity contribution in [2.75, 3.05) is 18.4 Å². The lowest BCUT2D eigenvalue weighted by atomic mass is 9.88. The van der Waals surface area contributed by atoms with Crippen LogP contribution in [0.1, 0.15) is 71.3 Å². The Kier molecular flexibility index (Phi) is 5.25. The van der Waals surface area contributed by atoms with E-state index < -0.39 is 0 Å². The van der Waals surface area contributed by atoms with Crippen molar-refractivity contribution in [3.05, 3.63) is 24.0 Å². The second-order valence-corrected chi connectivity index (χ2v) is 8.46. The van der Waals surface area contributed by atoms with E-state index in [0.29, 0.717) is 6.04 Å². The summed E-state index contributed by atoms with van der Waals surface area (Å²) in [5.41, 5.74) is 2.66. The molecule has 0 amide bonds.